The van der Waals surface area contributed by atoms with Crippen molar-refractivity contribution in [1.29, 1.82) is 0 Å². The van der Waals surface area contributed by atoms with Crippen molar-refractivity contribution < 1.29 is 14.3 Å². The number of para-hydroxylation sites is 3. The second kappa shape index (κ2) is 6.76. The molecule has 0 amide bonds. The highest BCUT2D eigenvalue weighted by molar-refractivity contribution is 5.98. The second-order valence-electron chi connectivity index (χ2n) is 5.88. The van der Waals surface area contributed by atoms with Crippen molar-refractivity contribution in [3.8, 4) is 5.75 Å². The maximum Gasteiger partial charge on any atom is 0.301 e. The molecule has 4 rings (SSSR count). The molecule has 4 nitrogen and oxygen atoms in total. The van der Waals surface area contributed by atoms with Crippen molar-refractivity contribution in [2.45, 2.75) is 0 Å². The van der Waals surface area contributed by atoms with Crippen LogP contribution in [0.3, 0.4) is 0 Å². The van der Waals surface area contributed by atoms with Crippen molar-refractivity contribution in [1.82, 2.24) is 0 Å². The van der Waals surface area contributed by atoms with Gasteiger partial charge in [0.15, 0.2) is 0 Å². The number of nitrogens with zero attached hydrogens (tertiary/aromatic N) is 1. The zero-order valence-corrected chi connectivity index (χ0v) is 14.3. The van der Waals surface area contributed by atoms with Gasteiger partial charge in [-0.1, -0.05) is 54.6 Å². The molecule has 1 heterocycles. The van der Waals surface area contributed by atoms with Gasteiger partial charge in [0, 0.05) is 29.5 Å². The number of anilines is 2. The SMILES string of the molecule is CN1c2ccccc2C(=C(OC=O)Oc2ccccc2)c2ccccc21. The number of carbonyl (C=O) groups is 1. The van der Waals surface area contributed by atoms with E-state index in [4.69, 9.17) is 9.47 Å². The van der Waals surface area contributed by atoms with Crippen molar-refractivity contribution >= 4 is 23.4 Å². The lowest BCUT2D eigenvalue weighted by molar-refractivity contribution is -0.127. The van der Waals surface area contributed by atoms with Gasteiger partial charge in [-0.05, 0) is 24.3 Å². The number of hydrogen-bond donors (Lipinski definition) is 0. The molecular weight excluding hydrogens is 326 g/mol. The molecule has 0 saturated heterocycles. The predicted octanol–water partition coefficient (Wildman–Crippen LogP) is 4.74. The fourth-order valence-corrected chi connectivity index (χ4v) is 3.22. The maximum absolute atomic E-state index is 11.2. The van der Waals surface area contributed by atoms with Crippen LogP contribution in [-0.2, 0) is 9.53 Å². The summed E-state index contributed by atoms with van der Waals surface area (Å²) in [4.78, 5) is 13.3. The molecule has 0 aliphatic carbocycles. The van der Waals surface area contributed by atoms with Crippen molar-refractivity contribution in [2.24, 2.45) is 0 Å². The topological polar surface area (TPSA) is 38.8 Å². The molecule has 0 aromatic heterocycles. The van der Waals surface area contributed by atoms with Crippen LogP contribution in [0.2, 0.25) is 0 Å². The molecule has 1 aliphatic rings. The smallest absolute Gasteiger partial charge is 0.301 e. The van der Waals surface area contributed by atoms with Gasteiger partial charge in [0.2, 0.25) is 0 Å². The van der Waals surface area contributed by atoms with Crippen LogP contribution >= 0.6 is 0 Å². The number of ether oxygens (including phenoxy) is 2. The monoisotopic (exact) mass is 343 g/mol. The van der Waals surface area contributed by atoms with E-state index in [1.165, 1.54) is 0 Å². The van der Waals surface area contributed by atoms with Gasteiger partial charge in [0.1, 0.15) is 5.75 Å². The summed E-state index contributed by atoms with van der Waals surface area (Å²) in [5, 5.41) is 0. The summed E-state index contributed by atoms with van der Waals surface area (Å²) in [5.41, 5.74) is 4.68. The lowest BCUT2D eigenvalue weighted by atomic mass is 9.91. The summed E-state index contributed by atoms with van der Waals surface area (Å²) in [6, 6.07) is 25.2. The Morgan fingerprint density at radius 3 is 1.92 bits per heavy atom. The third-order valence-electron chi connectivity index (χ3n) is 4.38. The van der Waals surface area contributed by atoms with Crippen LogP contribution in [0.25, 0.3) is 5.57 Å². The summed E-state index contributed by atoms with van der Waals surface area (Å²) < 4.78 is 11.2. The first kappa shape index (κ1) is 16.0. The summed E-state index contributed by atoms with van der Waals surface area (Å²) >= 11 is 0. The summed E-state index contributed by atoms with van der Waals surface area (Å²) in [5.74, 6) is 0.768. The third kappa shape index (κ3) is 2.71. The second-order valence-corrected chi connectivity index (χ2v) is 5.88. The molecule has 128 valence electrons. The van der Waals surface area contributed by atoms with E-state index in [0.717, 1.165) is 28.1 Å². The van der Waals surface area contributed by atoms with Crippen LogP contribution in [0.15, 0.2) is 84.8 Å². The summed E-state index contributed by atoms with van der Waals surface area (Å²) in [6.07, 6.45) is 0. The molecule has 0 atom stereocenters. The van der Waals surface area contributed by atoms with E-state index in [9.17, 15) is 4.79 Å². The van der Waals surface area contributed by atoms with Crippen LogP contribution < -0.4 is 9.64 Å². The Bertz CT molecular complexity index is 930. The zero-order valence-electron chi connectivity index (χ0n) is 14.3. The van der Waals surface area contributed by atoms with Gasteiger partial charge in [-0.3, -0.25) is 4.79 Å². The van der Waals surface area contributed by atoms with E-state index in [-0.39, 0.29) is 5.95 Å². The molecular formula is C22H17NO3. The number of rotatable bonds is 4. The molecule has 0 spiro atoms. The van der Waals surface area contributed by atoms with E-state index in [0.29, 0.717) is 12.2 Å². The molecule has 0 N–H and O–H groups in total. The highest BCUT2D eigenvalue weighted by Crippen LogP contribution is 2.45. The minimum atomic E-state index is 0.166. The molecule has 0 bridgehead atoms. The Hall–Kier alpha value is -3.53. The maximum atomic E-state index is 11.2. The first-order valence-electron chi connectivity index (χ1n) is 8.29. The molecule has 3 aromatic carbocycles. The number of benzene rings is 3. The van der Waals surface area contributed by atoms with E-state index in [1.54, 1.807) is 0 Å². The Balaban J connectivity index is 1.96. The molecule has 0 fully saturated rings. The summed E-state index contributed by atoms with van der Waals surface area (Å²) in [6.45, 7) is 0.398. The van der Waals surface area contributed by atoms with Gasteiger partial charge in [0.25, 0.3) is 0 Å². The molecule has 0 radical (unpaired) electrons. The van der Waals surface area contributed by atoms with E-state index < -0.39 is 0 Å². The van der Waals surface area contributed by atoms with Crippen LogP contribution in [0, 0.1) is 0 Å². The van der Waals surface area contributed by atoms with Gasteiger partial charge in [-0.2, -0.15) is 0 Å². The van der Waals surface area contributed by atoms with Crippen LogP contribution in [0.5, 0.6) is 5.75 Å². The van der Waals surface area contributed by atoms with Crippen molar-refractivity contribution in [3.63, 3.8) is 0 Å². The van der Waals surface area contributed by atoms with E-state index in [2.05, 4.69) is 4.90 Å². The number of fused-ring (bicyclic) bond motifs is 2. The molecule has 1 aliphatic heterocycles. The van der Waals surface area contributed by atoms with Gasteiger partial charge in [-0.25, -0.2) is 0 Å². The lowest BCUT2D eigenvalue weighted by Crippen LogP contribution is -2.19. The van der Waals surface area contributed by atoms with Gasteiger partial charge < -0.3 is 14.4 Å². The lowest BCUT2D eigenvalue weighted by Gasteiger charge is -2.32. The van der Waals surface area contributed by atoms with E-state index in [1.807, 2.05) is 85.9 Å². The summed E-state index contributed by atoms with van der Waals surface area (Å²) in [7, 11) is 2.02. The molecule has 3 aromatic rings. The normalized spacial score (nSPS) is 12.0. The Kier molecular flexibility index (Phi) is 4.15. The zero-order chi connectivity index (χ0) is 17.9. The van der Waals surface area contributed by atoms with Gasteiger partial charge in [-0.15, -0.1) is 0 Å². The quantitative estimate of drug-likeness (QED) is 0.507. The molecule has 0 saturated carbocycles. The Morgan fingerprint density at radius 1 is 0.808 bits per heavy atom. The van der Waals surface area contributed by atoms with Crippen molar-refractivity contribution in [3.05, 3.63) is 95.9 Å². The van der Waals surface area contributed by atoms with Crippen LogP contribution in [0.4, 0.5) is 11.4 Å². The van der Waals surface area contributed by atoms with E-state index >= 15 is 0 Å². The minimum absolute atomic E-state index is 0.166. The van der Waals surface area contributed by atoms with Gasteiger partial charge >= 0.3 is 12.4 Å². The average Bonchev–Trinajstić information content (AvgIpc) is 2.69. The predicted molar refractivity (Wildman–Crippen MR) is 101 cm³/mol. The fourth-order valence-electron chi connectivity index (χ4n) is 3.22. The molecule has 26 heavy (non-hydrogen) atoms. The fraction of sp³-hybridized carbons (Fsp3) is 0.0455. The average molecular weight is 343 g/mol. The van der Waals surface area contributed by atoms with Gasteiger partial charge in [0.05, 0.1) is 5.57 Å². The number of hydrogen-bond acceptors (Lipinski definition) is 4. The highest BCUT2D eigenvalue weighted by atomic mass is 16.7. The standard InChI is InChI=1S/C22H17NO3/c1-23-19-13-7-5-11-17(19)21(18-12-6-8-14-20(18)23)22(25-15-24)26-16-9-3-2-4-10-16/h2-15H,1H3. The largest absolute Gasteiger partial charge is 0.425 e. The Labute approximate surface area is 151 Å². The molecule has 4 heteroatoms. The Morgan fingerprint density at radius 2 is 1.35 bits per heavy atom. The first-order chi connectivity index (χ1) is 12.8. The van der Waals surface area contributed by atoms with Crippen LogP contribution in [0.1, 0.15) is 11.1 Å². The van der Waals surface area contributed by atoms with Crippen molar-refractivity contribution in [2.75, 3.05) is 11.9 Å². The minimum Gasteiger partial charge on any atom is -0.425 e. The number of carbonyl (C=O) groups excluding carboxylic acids is 1. The molecule has 0 unspecified atom stereocenters. The third-order valence-corrected chi connectivity index (χ3v) is 4.38. The van der Waals surface area contributed by atoms with Crippen LogP contribution in [-0.4, -0.2) is 13.5 Å². The highest BCUT2D eigenvalue weighted by Gasteiger charge is 2.28. The first-order valence-corrected chi connectivity index (χ1v) is 8.29.